The zero-order chi connectivity index (χ0) is 23.0. The van der Waals surface area contributed by atoms with Crippen molar-refractivity contribution < 1.29 is 9.53 Å². The summed E-state index contributed by atoms with van der Waals surface area (Å²) in [6.07, 6.45) is 4.92. The molecule has 6 heteroatoms. The monoisotopic (exact) mass is 469 g/mol. The van der Waals surface area contributed by atoms with Gasteiger partial charge in [-0.2, -0.15) is 0 Å². The highest BCUT2D eigenvalue weighted by atomic mass is 35.5. The Balaban J connectivity index is 1.24. The van der Waals surface area contributed by atoms with E-state index in [1.165, 1.54) is 17.7 Å². The lowest BCUT2D eigenvalue weighted by atomic mass is 9.99. The maximum absolute atomic E-state index is 12.2. The van der Waals surface area contributed by atoms with E-state index in [1.54, 1.807) is 0 Å². The summed E-state index contributed by atoms with van der Waals surface area (Å²) in [5, 5.41) is 0.792. The predicted octanol–water partition coefficient (Wildman–Crippen LogP) is 5.22. The van der Waals surface area contributed by atoms with Gasteiger partial charge >= 0.3 is 0 Å². The minimum Gasteiger partial charge on any atom is -0.494 e. The molecule has 0 aliphatic carbocycles. The Morgan fingerprint density at radius 1 is 1.03 bits per heavy atom. The highest BCUT2D eigenvalue weighted by Gasteiger charge is 2.25. The molecule has 1 amide bonds. The minimum absolute atomic E-state index is 0.275. The third-order valence-corrected chi connectivity index (χ3v) is 7.06. The summed E-state index contributed by atoms with van der Waals surface area (Å²) >= 11 is 6.16. The molecule has 0 N–H and O–H groups in total. The molecule has 5 nitrogen and oxygen atoms in total. The second-order valence-corrected chi connectivity index (χ2v) is 9.55. The van der Waals surface area contributed by atoms with Crippen molar-refractivity contribution in [3.8, 4) is 5.75 Å². The summed E-state index contributed by atoms with van der Waals surface area (Å²) in [5.74, 6) is 1.20. The van der Waals surface area contributed by atoms with Crippen LogP contribution in [0.3, 0.4) is 0 Å². The Hall–Kier alpha value is -2.24. The summed E-state index contributed by atoms with van der Waals surface area (Å²) in [6, 6.07) is 16.9. The second kappa shape index (κ2) is 11.8. The van der Waals surface area contributed by atoms with Crippen LogP contribution in [0, 0.1) is 0 Å². The maximum atomic E-state index is 12.2. The van der Waals surface area contributed by atoms with Crippen LogP contribution in [-0.4, -0.2) is 61.1 Å². The number of anilines is 1. The summed E-state index contributed by atoms with van der Waals surface area (Å²) < 4.78 is 6.11. The van der Waals surface area contributed by atoms with Crippen molar-refractivity contribution in [1.29, 1.82) is 0 Å². The first-order valence-corrected chi connectivity index (χ1v) is 12.7. The molecule has 0 saturated carbocycles. The van der Waals surface area contributed by atoms with Crippen LogP contribution >= 0.6 is 11.6 Å². The van der Waals surface area contributed by atoms with Crippen LogP contribution < -0.4 is 9.64 Å². The third kappa shape index (κ3) is 6.64. The Morgan fingerprint density at radius 3 is 2.64 bits per heavy atom. The molecular formula is C27H36ClN3O2. The molecule has 2 heterocycles. The lowest BCUT2D eigenvalue weighted by Gasteiger charge is -2.36. The largest absolute Gasteiger partial charge is 0.494 e. The van der Waals surface area contributed by atoms with E-state index in [0.717, 1.165) is 69.3 Å². The van der Waals surface area contributed by atoms with Gasteiger partial charge in [0.15, 0.2) is 0 Å². The SMILES string of the molecule is CCC(=O)N1CCCCC1CCOc1cccc(CN2CCN(c3cccc(Cl)c3)CC2)c1. The van der Waals surface area contributed by atoms with Gasteiger partial charge < -0.3 is 14.5 Å². The second-order valence-electron chi connectivity index (χ2n) is 9.12. The summed E-state index contributed by atoms with van der Waals surface area (Å²) in [6.45, 7) is 8.50. The molecule has 4 rings (SSSR count). The first-order valence-electron chi connectivity index (χ1n) is 12.4. The van der Waals surface area contributed by atoms with Gasteiger partial charge in [0.25, 0.3) is 0 Å². The Morgan fingerprint density at radius 2 is 1.85 bits per heavy atom. The summed E-state index contributed by atoms with van der Waals surface area (Å²) in [4.78, 5) is 19.2. The van der Waals surface area contributed by atoms with Gasteiger partial charge in [0.1, 0.15) is 5.75 Å². The van der Waals surface area contributed by atoms with E-state index in [1.807, 2.05) is 31.2 Å². The van der Waals surface area contributed by atoms with Crippen LogP contribution in [-0.2, 0) is 11.3 Å². The van der Waals surface area contributed by atoms with Crippen LogP contribution in [0.2, 0.25) is 5.02 Å². The van der Waals surface area contributed by atoms with Crippen molar-refractivity contribution in [1.82, 2.24) is 9.80 Å². The number of piperidine rings is 1. The lowest BCUT2D eigenvalue weighted by Crippen LogP contribution is -2.45. The average molecular weight is 470 g/mol. The quantitative estimate of drug-likeness (QED) is 0.531. The van der Waals surface area contributed by atoms with Gasteiger partial charge in [-0.05, 0) is 55.2 Å². The van der Waals surface area contributed by atoms with E-state index in [-0.39, 0.29) is 5.91 Å². The zero-order valence-electron chi connectivity index (χ0n) is 19.7. The molecule has 2 saturated heterocycles. The van der Waals surface area contributed by atoms with Gasteiger partial charge in [-0.3, -0.25) is 9.69 Å². The third-order valence-electron chi connectivity index (χ3n) is 6.82. The Kier molecular flexibility index (Phi) is 8.51. The van der Waals surface area contributed by atoms with Crippen LogP contribution in [0.15, 0.2) is 48.5 Å². The normalized spacial score (nSPS) is 19.5. The predicted molar refractivity (Wildman–Crippen MR) is 135 cm³/mol. The van der Waals surface area contributed by atoms with Crippen molar-refractivity contribution in [2.75, 3.05) is 44.2 Å². The fraction of sp³-hybridized carbons (Fsp3) is 0.519. The van der Waals surface area contributed by atoms with Gasteiger partial charge in [0.2, 0.25) is 5.91 Å². The smallest absolute Gasteiger partial charge is 0.222 e. The van der Waals surface area contributed by atoms with E-state index in [9.17, 15) is 4.79 Å². The lowest BCUT2D eigenvalue weighted by molar-refractivity contribution is -0.134. The van der Waals surface area contributed by atoms with Crippen molar-refractivity contribution in [3.63, 3.8) is 0 Å². The number of amides is 1. The fourth-order valence-electron chi connectivity index (χ4n) is 4.97. The van der Waals surface area contributed by atoms with Gasteiger partial charge in [-0.25, -0.2) is 0 Å². The number of benzene rings is 2. The summed E-state index contributed by atoms with van der Waals surface area (Å²) in [7, 11) is 0. The fourth-order valence-corrected chi connectivity index (χ4v) is 5.16. The number of nitrogens with zero attached hydrogens (tertiary/aromatic N) is 3. The molecule has 33 heavy (non-hydrogen) atoms. The van der Waals surface area contributed by atoms with Gasteiger partial charge in [-0.15, -0.1) is 0 Å². The molecule has 2 aliphatic heterocycles. The minimum atomic E-state index is 0.275. The maximum Gasteiger partial charge on any atom is 0.222 e. The zero-order valence-corrected chi connectivity index (χ0v) is 20.5. The van der Waals surface area contributed by atoms with E-state index in [2.05, 4.69) is 39.0 Å². The van der Waals surface area contributed by atoms with E-state index in [0.29, 0.717) is 19.1 Å². The van der Waals surface area contributed by atoms with E-state index in [4.69, 9.17) is 16.3 Å². The standard InChI is InChI=1S/C27H36ClN3O2/c1-2-27(32)31-13-4-3-9-24(31)12-18-33-26-11-5-7-22(19-26)21-29-14-16-30(17-15-29)25-10-6-8-23(28)20-25/h5-8,10-11,19-20,24H,2-4,9,12-18,21H2,1H3. The Bertz CT molecular complexity index is 914. The first kappa shape index (κ1) is 23.9. The molecule has 2 aromatic carbocycles. The van der Waals surface area contributed by atoms with Crippen LogP contribution in [0.25, 0.3) is 0 Å². The topological polar surface area (TPSA) is 36.0 Å². The molecule has 178 valence electrons. The van der Waals surface area contributed by atoms with Crippen LogP contribution in [0.1, 0.15) is 44.6 Å². The number of rotatable bonds is 8. The van der Waals surface area contributed by atoms with Gasteiger partial charge in [0, 0.05) is 68.9 Å². The molecule has 0 aromatic heterocycles. The number of likely N-dealkylation sites (tertiary alicyclic amines) is 1. The molecule has 0 spiro atoms. The van der Waals surface area contributed by atoms with E-state index < -0.39 is 0 Å². The Labute approximate surface area is 203 Å². The van der Waals surface area contributed by atoms with Crippen LogP contribution in [0.5, 0.6) is 5.75 Å². The molecule has 2 fully saturated rings. The van der Waals surface area contributed by atoms with Crippen molar-refractivity contribution >= 4 is 23.2 Å². The number of hydrogen-bond acceptors (Lipinski definition) is 4. The number of carbonyl (C=O) groups is 1. The molecule has 0 bridgehead atoms. The first-order chi connectivity index (χ1) is 16.1. The number of hydrogen-bond donors (Lipinski definition) is 0. The van der Waals surface area contributed by atoms with Crippen molar-refractivity contribution in [2.24, 2.45) is 0 Å². The molecule has 1 unspecified atom stereocenters. The molecule has 2 aromatic rings. The molecule has 1 atom stereocenters. The molecular weight excluding hydrogens is 434 g/mol. The van der Waals surface area contributed by atoms with Crippen LogP contribution in [0.4, 0.5) is 5.69 Å². The van der Waals surface area contributed by atoms with E-state index >= 15 is 0 Å². The van der Waals surface area contributed by atoms with Crippen molar-refractivity contribution in [2.45, 2.75) is 51.6 Å². The van der Waals surface area contributed by atoms with Gasteiger partial charge in [-0.1, -0.05) is 36.7 Å². The number of carbonyl (C=O) groups excluding carboxylic acids is 1. The number of piperazine rings is 1. The molecule has 0 radical (unpaired) electrons. The summed E-state index contributed by atoms with van der Waals surface area (Å²) in [5.41, 5.74) is 2.49. The highest BCUT2D eigenvalue weighted by molar-refractivity contribution is 6.30. The molecule has 2 aliphatic rings. The van der Waals surface area contributed by atoms with Gasteiger partial charge in [0.05, 0.1) is 6.61 Å². The van der Waals surface area contributed by atoms with Crippen molar-refractivity contribution in [3.05, 3.63) is 59.1 Å². The highest BCUT2D eigenvalue weighted by Crippen LogP contribution is 2.23. The average Bonchev–Trinajstić information content (AvgIpc) is 2.85. The number of halogens is 1. The number of ether oxygens (including phenoxy) is 1.